The predicted octanol–water partition coefficient (Wildman–Crippen LogP) is 0.291. The maximum atomic E-state index is 12.1. The van der Waals surface area contributed by atoms with Crippen molar-refractivity contribution >= 4 is 22.0 Å². The molecule has 0 spiro atoms. The van der Waals surface area contributed by atoms with Crippen LogP contribution in [0.15, 0.2) is 29.2 Å². The highest BCUT2D eigenvalue weighted by molar-refractivity contribution is 7.89. The van der Waals surface area contributed by atoms with Crippen molar-refractivity contribution in [2.24, 2.45) is 0 Å². The summed E-state index contributed by atoms with van der Waals surface area (Å²) in [5, 5.41) is 17.5. The van der Waals surface area contributed by atoms with Crippen LogP contribution in [0.2, 0.25) is 0 Å². The zero-order valence-electron chi connectivity index (χ0n) is 11.1. The summed E-state index contributed by atoms with van der Waals surface area (Å²) in [5.74, 6) is -2.35. The summed E-state index contributed by atoms with van der Waals surface area (Å²) in [4.78, 5) is 21.3. The number of hydrogen-bond acceptors (Lipinski definition) is 5. The summed E-state index contributed by atoms with van der Waals surface area (Å²) in [7, 11) is -2.72. The topological polar surface area (TPSA) is 130 Å². The minimum atomic E-state index is -4.09. The van der Waals surface area contributed by atoms with Crippen LogP contribution in [0.1, 0.15) is 12.8 Å². The number of carboxylic acids is 2. The first-order chi connectivity index (χ1) is 9.76. The SMILES string of the molecule is COc1cccc(S(=O)(=O)N[C@@H](CCC(=O)O)C(=O)O)c1. The number of hydrogen-bond donors (Lipinski definition) is 3. The zero-order valence-corrected chi connectivity index (χ0v) is 12.0. The standard InChI is InChI=1S/C12H15NO7S/c1-20-8-3-2-4-9(7-8)21(18,19)13-10(12(16)17)5-6-11(14)15/h2-4,7,10,13H,5-6H2,1H3,(H,14,15)(H,16,17)/t10-/m0/s1. The Morgan fingerprint density at radius 2 is 2.00 bits per heavy atom. The van der Waals surface area contributed by atoms with E-state index in [-0.39, 0.29) is 11.3 Å². The Bertz CT molecular complexity index is 626. The number of methoxy groups -OCH3 is 1. The van der Waals surface area contributed by atoms with Gasteiger partial charge in [-0.05, 0) is 18.6 Å². The first kappa shape index (κ1) is 16.9. The number of nitrogens with one attached hydrogen (secondary N) is 1. The Labute approximate surface area is 121 Å². The predicted molar refractivity (Wildman–Crippen MR) is 71.6 cm³/mol. The molecule has 0 saturated carbocycles. The molecule has 0 heterocycles. The summed E-state index contributed by atoms with van der Waals surface area (Å²) in [6, 6.07) is 3.98. The summed E-state index contributed by atoms with van der Waals surface area (Å²) < 4.78 is 31.0. The van der Waals surface area contributed by atoms with Crippen molar-refractivity contribution in [2.75, 3.05) is 7.11 Å². The molecule has 0 fully saturated rings. The molecular weight excluding hydrogens is 302 g/mol. The molecule has 3 N–H and O–H groups in total. The van der Waals surface area contributed by atoms with Gasteiger partial charge in [0.25, 0.3) is 0 Å². The fourth-order valence-corrected chi connectivity index (χ4v) is 2.78. The molecule has 0 aliphatic carbocycles. The Balaban J connectivity index is 2.94. The largest absolute Gasteiger partial charge is 0.497 e. The highest BCUT2D eigenvalue weighted by Crippen LogP contribution is 2.17. The van der Waals surface area contributed by atoms with Crippen molar-refractivity contribution < 1.29 is 33.0 Å². The number of carbonyl (C=O) groups is 2. The minimum absolute atomic E-state index is 0.163. The van der Waals surface area contributed by atoms with Crippen molar-refractivity contribution in [3.63, 3.8) is 0 Å². The van der Waals surface area contributed by atoms with E-state index in [1.165, 1.54) is 31.4 Å². The average Bonchev–Trinajstić information content (AvgIpc) is 2.43. The maximum absolute atomic E-state index is 12.1. The van der Waals surface area contributed by atoms with Gasteiger partial charge in [-0.1, -0.05) is 6.07 Å². The van der Waals surface area contributed by atoms with Crippen molar-refractivity contribution in [2.45, 2.75) is 23.8 Å². The minimum Gasteiger partial charge on any atom is -0.497 e. The number of rotatable bonds is 8. The number of benzene rings is 1. The molecule has 116 valence electrons. The van der Waals surface area contributed by atoms with Crippen LogP contribution in [-0.4, -0.2) is 43.7 Å². The molecule has 0 aliphatic heterocycles. The molecule has 0 saturated heterocycles. The van der Waals surface area contributed by atoms with Gasteiger partial charge in [0.05, 0.1) is 12.0 Å². The number of ether oxygens (including phenoxy) is 1. The first-order valence-corrected chi connectivity index (χ1v) is 7.35. The Morgan fingerprint density at radius 1 is 1.33 bits per heavy atom. The second-order valence-electron chi connectivity index (χ2n) is 4.12. The molecule has 0 radical (unpaired) electrons. The van der Waals surface area contributed by atoms with Gasteiger partial charge in [0.2, 0.25) is 10.0 Å². The molecule has 8 nitrogen and oxygen atoms in total. The highest BCUT2D eigenvalue weighted by atomic mass is 32.2. The van der Waals surface area contributed by atoms with E-state index in [0.29, 0.717) is 5.75 Å². The fraction of sp³-hybridized carbons (Fsp3) is 0.333. The number of aliphatic carboxylic acids is 2. The van der Waals surface area contributed by atoms with E-state index >= 15 is 0 Å². The second kappa shape index (κ2) is 7.04. The quantitative estimate of drug-likeness (QED) is 0.628. The maximum Gasteiger partial charge on any atom is 0.321 e. The van der Waals surface area contributed by atoms with Crippen LogP contribution in [0.25, 0.3) is 0 Å². The van der Waals surface area contributed by atoms with Gasteiger partial charge in [-0.25, -0.2) is 8.42 Å². The van der Waals surface area contributed by atoms with E-state index < -0.39 is 34.4 Å². The van der Waals surface area contributed by atoms with Gasteiger partial charge in [-0.2, -0.15) is 4.72 Å². The van der Waals surface area contributed by atoms with E-state index in [0.717, 1.165) is 0 Å². The molecule has 1 aromatic rings. The third-order valence-corrected chi connectivity index (χ3v) is 4.06. The average molecular weight is 317 g/mol. The molecule has 1 atom stereocenters. The second-order valence-corrected chi connectivity index (χ2v) is 5.84. The summed E-state index contributed by atoms with van der Waals surface area (Å²) >= 11 is 0. The van der Waals surface area contributed by atoms with Gasteiger partial charge in [0, 0.05) is 12.5 Å². The molecule has 0 bridgehead atoms. The van der Waals surface area contributed by atoms with Crippen LogP contribution >= 0.6 is 0 Å². The van der Waals surface area contributed by atoms with Crippen molar-refractivity contribution in [3.8, 4) is 5.75 Å². The Kier molecular flexibility index (Phi) is 5.68. The summed E-state index contributed by atoms with van der Waals surface area (Å²) in [5.41, 5.74) is 0. The Hall–Kier alpha value is -2.13. The van der Waals surface area contributed by atoms with Crippen LogP contribution < -0.4 is 9.46 Å². The molecule has 0 unspecified atom stereocenters. The van der Waals surface area contributed by atoms with Crippen LogP contribution in [0.5, 0.6) is 5.75 Å². The lowest BCUT2D eigenvalue weighted by Gasteiger charge is -2.14. The molecule has 9 heteroatoms. The van der Waals surface area contributed by atoms with Crippen LogP contribution in [0.4, 0.5) is 0 Å². The van der Waals surface area contributed by atoms with Gasteiger partial charge in [0.15, 0.2) is 0 Å². The number of carboxylic acid groups (broad SMARTS) is 2. The van der Waals surface area contributed by atoms with Crippen molar-refractivity contribution in [3.05, 3.63) is 24.3 Å². The normalized spacial score (nSPS) is 12.6. The third kappa shape index (κ3) is 5.04. The van der Waals surface area contributed by atoms with Crippen LogP contribution in [-0.2, 0) is 19.6 Å². The van der Waals surface area contributed by atoms with Gasteiger partial charge in [-0.3, -0.25) is 9.59 Å². The van der Waals surface area contributed by atoms with E-state index in [9.17, 15) is 18.0 Å². The molecular formula is C12H15NO7S. The van der Waals surface area contributed by atoms with Crippen molar-refractivity contribution in [1.82, 2.24) is 4.72 Å². The van der Waals surface area contributed by atoms with Gasteiger partial charge in [-0.15, -0.1) is 0 Å². The summed E-state index contributed by atoms with van der Waals surface area (Å²) in [6.07, 6.45) is -0.814. The first-order valence-electron chi connectivity index (χ1n) is 5.87. The zero-order chi connectivity index (χ0) is 16.0. The molecule has 0 aromatic heterocycles. The summed E-state index contributed by atoms with van der Waals surface area (Å²) in [6.45, 7) is 0. The fourth-order valence-electron chi connectivity index (χ4n) is 1.52. The monoisotopic (exact) mass is 317 g/mol. The lowest BCUT2D eigenvalue weighted by molar-refractivity contribution is -0.140. The smallest absolute Gasteiger partial charge is 0.321 e. The highest BCUT2D eigenvalue weighted by Gasteiger charge is 2.26. The van der Waals surface area contributed by atoms with Gasteiger partial charge >= 0.3 is 11.9 Å². The van der Waals surface area contributed by atoms with E-state index in [4.69, 9.17) is 14.9 Å². The molecule has 0 amide bonds. The van der Waals surface area contributed by atoms with Crippen LogP contribution in [0, 0.1) is 0 Å². The van der Waals surface area contributed by atoms with E-state index in [1.807, 2.05) is 4.72 Å². The van der Waals surface area contributed by atoms with E-state index in [2.05, 4.69) is 0 Å². The lowest BCUT2D eigenvalue weighted by atomic mass is 10.2. The van der Waals surface area contributed by atoms with Gasteiger partial charge < -0.3 is 14.9 Å². The molecule has 21 heavy (non-hydrogen) atoms. The van der Waals surface area contributed by atoms with Crippen LogP contribution in [0.3, 0.4) is 0 Å². The third-order valence-electron chi connectivity index (χ3n) is 2.59. The van der Waals surface area contributed by atoms with Crippen molar-refractivity contribution in [1.29, 1.82) is 0 Å². The Morgan fingerprint density at radius 3 is 2.52 bits per heavy atom. The molecule has 1 rings (SSSR count). The molecule has 1 aromatic carbocycles. The number of sulfonamides is 1. The lowest BCUT2D eigenvalue weighted by Crippen LogP contribution is -2.41. The molecule has 0 aliphatic rings. The van der Waals surface area contributed by atoms with Gasteiger partial charge in [0.1, 0.15) is 11.8 Å². The van der Waals surface area contributed by atoms with E-state index in [1.54, 1.807) is 0 Å².